The van der Waals surface area contributed by atoms with Crippen LogP contribution in [-0.2, 0) is 4.79 Å². The summed E-state index contributed by atoms with van der Waals surface area (Å²) in [6.07, 6.45) is 1.26. The summed E-state index contributed by atoms with van der Waals surface area (Å²) < 4.78 is 0. The monoisotopic (exact) mass is 226 g/mol. The van der Waals surface area contributed by atoms with Crippen molar-refractivity contribution in [2.75, 3.05) is 32.7 Å². The van der Waals surface area contributed by atoms with Gasteiger partial charge in [-0.15, -0.1) is 0 Å². The van der Waals surface area contributed by atoms with Gasteiger partial charge in [-0.3, -0.25) is 4.79 Å². The lowest BCUT2D eigenvalue weighted by molar-refractivity contribution is -0.133. The number of nitrogens with two attached hydrogens (primary N) is 1. The van der Waals surface area contributed by atoms with E-state index >= 15 is 0 Å². The van der Waals surface area contributed by atoms with Crippen LogP contribution >= 0.6 is 0 Å². The van der Waals surface area contributed by atoms with Crippen LogP contribution in [0.5, 0.6) is 0 Å². The molecular weight excluding hydrogens is 208 g/mol. The first-order chi connectivity index (χ1) is 7.72. The second-order valence-electron chi connectivity index (χ2n) is 4.27. The maximum Gasteiger partial charge on any atom is 0.317 e. The fourth-order valence-electron chi connectivity index (χ4n) is 2.24. The van der Waals surface area contributed by atoms with Crippen LogP contribution in [0.15, 0.2) is 0 Å². The smallest absolute Gasteiger partial charge is 0.317 e. The maximum absolute atomic E-state index is 11.8. The van der Waals surface area contributed by atoms with E-state index < -0.39 is 0 Å². The predicted octanol–water partition coefficient (Wildman–Crippen LogP) is -1.04. The summed E-state index contributed by atoms with van der Waals surface area (Å²) in [5.41, 5.74) is 5.38. The van der Waals surface area contributed by atoms with Crippen LogP contribution in [0.1, 0.15) is 12.8 Å². The summed E-state index contributed by atoms with van der Waals surface area (Å²) in [4.78, 5) is 26.8. The Bertz CT molecular complexity index is 295. The van der Waals surface area contributed by atoms with Gasteiger partial charge in [0.25, 0.3) is 0 Å². The molecule has 16 heavy (non-hydrogen) atoms. The number of fused-ring (bicyclic) bond motifs is 1. The van der Waals surface area contributed by atoms with Crippen molar-refractivity contribution in [3.63, 3.8) is 0 Å². The van der Waals surface area contributed by atoms with Crippen LogP contribution in [-0.4, -0.2) is 60.5 Å². The van der Waals surface area contributed by atoms with Crippen LogP contribution in [0, 0.1) is 0 Å². The van der Waals surface area contributed by atoms with Gasteiger partial charge in [0.15, 0.2) is 0 Å². The van der Waals surface area contributed by atoms with Crippen molar-refractivity contribution in [2.45, 2.75) is 18.9 Å². The molecule has 0 bridgehead atoms. The molecular formula is C10H18N4O2. The van der Waals surface area contributed by atoms with Crippen molar-refractivity contribution < 1.29 is 9.59 Å². The van der Waals surface area contributed by atoms with E-state index in [9.17, 15) is 9.59 Å². The zero-order valence-corrected chi connectivity index (χ0v) is 9.32. The number of urea groups is 1. The Morgan fingerprint density at radius 1 is 1.50 bits per heavy atom. The van der Waals surface area contributed by atoms with Crippen molar-refractivity contribution in [3.05, 3.63) is 0 Å². The summed E-state index contributed by atoms with van der Waals surface area (Å²) in [6.45, 7) is 3.15. The normalized spacial score (nSPS) is 24.3. The number of amides is 3. The number of carbonyl (C=O) groups is 2. The third-order valence-electron chi connectivity index (χ3n) is 3.18. The number of piperazine rings is 1. The summed E-state index contributed by atoms with van der Waals surface area (Å²) >= 11 is 0. The Kier molecular flexibility index (Phi) is 3.28. The molecule has 0 radical (unpaired) electrons. The minimum atomic E-state index is -0.000873. The lowest BCUT2D eigenvalue weighted by Crippen LogP contribution is -2.53. The van der Waals surface area contributed by atoms with E-state index in [1.54, 1.807) is 0 Å². The lowest BCUT2D eigenvalue weighted by atomic mass is 10.1. The molecule has 2 aliphatic heterocycles. The van der Waals surface area contributed by atoms with Gasteiger partial charge in [0, 0.05) is 32.6 Å². The van der Waals surface area contributed by atoms with Gasteiger partial charge in [-0.25, -0.2) is 4.79 Å². The first kappa shape index (κ1) is 11.2. The molecule has 90 valence electrons. The standard InChI is InChI=1S/C10H18N4O2/c11-3-1-2-9(15)13-4-5-14-8(7-13)6-12-10(14)16/h8H,1-7,11H2,(H,12,16). The van der Waals surface area contributed by atoms with Gasteiger partial charge in [0.1, 0.15) is 0 Å². The molecule has 3 N–H and O–H groups in total. The highest BCUT2D eigenvalue weighted by Gasteiger charge is 2.36. The number of rotatable bonds is 3. The lowest BCUT2D eigenvalue weighted by Gasteiger charge is -2.36. The molecule has 0 aromatic rings. The highest BCUT2D eigenvalue weighted by atomic mass is 16.2. The van der Waals surface area contributed by atoms with Gasteiger partial charge in [-0.1, -0.05) is 0 Å². The molecule has 3 amide bonds. The molecule has 2 rings (SSSR count). The number of hydrogen-bond acceptors (Lipinski definition) is 3. The summed E-state index contributed by atoms with van der Waals surface area (Å²) in [5.74, 6) is 0.157. The van der Waals surface area contributed by atoms with Gasteiger partial charge in [0.2, 0.25) is 5.91 Å². The summed E-state index contributed by atoms with van der Waals surface area (Å²) in [6, 6.07) is 0.155. The van der Waals surface area contributed by atoms with Gasteiger partial charge in [0.05, 0.1) is 6.04 Å². The maximum atomic E-state index is 11.8. The average Bonchev–Trinajstić information content (AvgIpc) is 2.67. The fourth-order valence-corrected chi connectivity index (χ4v) is 2.24. The molecule has 2 fully saturated rings. The highest BCUT2D eigenvalue weighted by molar-refractivity contribution is 5.79. The second kappa shape index (κ2) is 4.69. The van der Waals surface area contributed by atoms with Crippen LogP contribution in [0.4, 0.5) is 4.79 Å². The third-order valence-corrected chi connectivity index (χ3v) is 3.18. The molecule has 6 nitrogen and oxygen atoms in total. The van der Waals surface area contributed by atoms with Crippen LogP contribution < -0.4 is 11.1 Å². The molecule has 0 aromatic heterocycles. The van der Waals surface area contributed by atoms with Crippen LogP contribution in [0.2, 0.25) is 0 Å². The number of hydrogen-bond donors (Lipinski definition) is 2. The molecule has 1 unspecified atom stereocenters. The molecule has 0 saturated carbocycles. The zero-order chi connectivity index (χ0) is 11.5. The van der Waals surface area contributed by atoms with Gasteiger partial charge < -0.3 is 20.9 Å². The van der Waals surface area contributed by atoms with E-state index in [4.69, 9.17) is 5.73 Å². The van der Waals surface area contributed by atoms with Gasteiger partial charge >= 0.3 is 6.03 Å². The van der Waals surface area contributed by atoms with Gasteiger partial charge in [-0.05, 0) is 13.0 Å². The number of nitrogens with zero attached hydrogens (tertiary/aromatic N) is 2. The largest absolute Gasteiger partial charge is 0.339 e. The Morgan fingerprint density at radius 2 is 2.31 bits per heavy atom. The summed E-state index contributed by atoms with van der Waals surface area (Å²) in [5, 5.41) is 2.79. The molecule has 6 heteroatoms. The van der Waals surface area contributed by atoms with E-state index in [0.717, 1.165) is 6.42 Å². The van der Waals surface area contributed by atoms with Gasteiger partial charge in [-0.2, -0.15) is 0 Å². The minimum absolute atomic E-state index is 0.000873. The molecule has 2 saturated heterocycles. The van der Waals surface area contributed by atoms with Crippen molar-refractivity contribution in [1.29, 1.82) is 0 Å². The molecule has 0 spiro atoms. The van der Waals surface area contributed by atoms with E-state index in [0.29, 0.717) is 39.1 Å². The topological polar surface area (TPSA) is 78.7 Å². The Labute approximate surface area is 94.7 Å². The van der Waals surface area contributed by atoms with E-state index in [-0.39, 0.29) is 18.0 Å². The Balaban J connectivity index is 1.86. The predicted molar refractivity (Wildman–Crippen MR) is 58.8 cm³/mol. The molecule has 0 aliphatic carbocycles. The van der Waals surface area contributed by atoms with Crippen molar-refractivity contribution in [3.8, 4) is 0 Å². The van der Waals surface area contributed by atoms with Crippen molar-refractivity contribution >= 4 is 11.9 Å². The van der Waals surface area contributed by atoms with Crippen molar-refractivity contribution in [2.24, 2.45) is 5.73 Å². The van der Waals surface area contributed by atoms with E-state index in [2.05, 4.69) is 5.32 Å². The Hall–Kier alpha value is -1.30. The third kappa shape index (κ3) is 2.11. The molecule has 1 atom stereocenters. The minimum Gasteiger partial charge on any atom is -0.339 e. The molecule has 0 aromatic carbocycles. The van der Waals surface area contributed by atoms with E-state index in [1.165, 1.54) is 0 Å². The first-order valence-electron chi connectivity index (χ1n) is 5.74. The zero-order valence-electron chi connectivity index (χ0n) is 9.32. The van der Waals surface area contributed by atoms with Crippen LogP contribution in [0.25, 0.3) is 0 Å². The average molecular weight is 226 g/mol. The molecule has 2 heterocycles. The Morgan fingerprint density at radius 3 is 3.06 bits per heavy atom. The second-order valence-corrected chi connectivity index (χ2v) is 4.27. The quantitative estimate of drug-likeness (QED) is 0.645. The van der Waals surface area contributed by atoms with E-state index in [1.807, 2.05) is 9.80 Å². The molecule has 2 aliphatic rings. The highest BCUT2D eigenvalue weighted by Crippen LogP contribution is 2.14. The summed E-state index contributed by atoms with van der Waals surface area (Å²) in [7, 11) is 0. The SMILES string of the molecule is NCCCC(=O)N1CCN2C(=O)NCC2C1. The first-order valence-corrected chi connectivity index (χ1v) is 5.74. The van der Waals surface area contributed by atoms with Crippen molar-refractivity contribution in [1.82, 2.24) is 15.1 Å². The number of carbonyl (C=O) groups excluding carboxylic acids is 2. The number of nitrogens with one attached hydrogen (secondary N) is 1. The van der Waals surface area contributed by atoms with Crippen LogP contribution in [0.3, 0.4) is 0 Å². The fraction of sp³-hybridized carbons (Fsp3) is 0.800.